The van der Waals surface area contributed by atoms with Crippen molar-refractivity contribution in [2.75, 3.05) is 0 Å². The van der Waals surface area contributed by atoms with Gasteiger partial charge in [0, 0.05) is 19.0 Å². The van der Waals surface area contributed by atoms with E-state index in [1.165, 1.54) is 5.56 Å². The summed E-state index contributed by atoms with van der Waals surface area (Å²) >= 11 is 7.26. The zero-order valence-corrected chi connectivity index (χ0v) is 21.0. The summed E-state index contributed by atoms with van der Waals surface area (Å²) in [6, 6.07) is 22.2. The number of aliphatic carboxylic acids is 1. The number of aryl methyl sites for hydroxylation is 4. The van der Waals surface area contributed by atoms with Crippen LogP contribution in [0.4, 0.5) is 0 Å². The minimum atomic E-state index is -1.61. The molecule has 3 rings (SSSR count). The van der Waals surface area contributed by atoms with Crippen LogP contribution in [-0.4, -0.2) is 21.0 Å². The zero-order valence-electron chi connectivity index (χ0n) is 20.2. The van der Waals surface area contributed by atoms with E-state index in [9.17, 15) is 9.90 Å². The van der Waals surface area contributed by atoms with Crippen LogP contribution >= 0.6 is 11.6 Å². The van der Waals surface area contributed by atoms with Crippen LogP contribution in [0.2, 0.25) is 0 Å². The molecule has 2 atom stereocenters. The second kappa shape index (κ2) is 10.5. The fourth-order valence-electron chi connectivity index (χ4n) is 4.85. The number of halogens is 1. The maximum Gasteiger partial charge on any atom is 0.340 e. The van der Waals surface area contributed by atoms with Crippen molar-refractivity contribution in [3.05, 3.63) is 106 Å². The average Bonchev–Trinajstić information content (AvgIpc) is 2.77. The average molecular weight is 464 g/mol. The molecule has 3 nitrogen and oxygen atoms in total. The molecular weight excluding hydrogens is 430 g/mol. The minimum absolute atomic E-state index is 0.382. The van der Waals surface area contributed by atoms with E-state index in [4.69, 9.17) is 11.6 Å². The molecule has 0 radical (unpaired) electrons. The monoisotopic (exact) mass is 463 g/mol. The maximum absolute atomic E-state index is 13.0. The predicted octanol–water partition coefficient (Wildman–Crippen LogP) is 7.14. The highest BCUT2D eigenvalue weighted by Gasteiger charge is 2.49. The van der Waals surface area contributed by atoms with Gasteiger partial charge >= 0.3 is 5.97 Å². The van der Waals surface area contributed by atoms with Crippen molar-refractivity contribution in [2.45, 2.75) is 65.0 Å². The first kappa shape index (κ1) is 25.0. The largest absolute Gasteiger partial charge is 0.479 e. The molecule has 3 aromatic carbocycles. The lowest BCUT2D eigenvalue weighted by Gasteiger charge is -2.42. The predicted molar refractivity (Wildman–Crippen MR) is 137 cm³/mol. The number of rotatable bonds is 9. The molecule has 1 unspecified atom stereocenters. The first-order valence-electron chi connectivity index (χ1n) is 11.5. The number of benzene rings is 3. The first-order valence-corrected chi connectivity index (χ1v) is 11.9. The molecule has 0 bridgehead atoms. The molecule has 0 spiro atoms. The Morgan fingerprint density at radius 1 is 0.909 bits per heavy atom. The van der Waals surface area contributed by atoms with Gasteiger partial charge in [-0.2, -0.15) is 0 Å². The van der Waals surface area contributed by atoms with Crippen molar-refractivity contribution in [2.24, 2.45) is 0 Å². The van der Waals surface area contributed by atoms with Crippen LogP contribution in [0.1, 0.15) is 58.2 Å². The van der Waals surface area contributed by atoms with Crippen LogP contribution in [0.5, 0.6) is 0 Å². The summed E-state index contributed by atoms with van der Waals surface area (Å²) in [5, 5.41) is 10.6. The van der Waals surface area contributed by atoms with E-state index >= 15 is 0 Å². The van der Waals surface area contributed by atoms with Gasteiger partial charge in [0.2, 0.25) is 5.00 Å². The Morgan fingerprint density at radius 2 is 1.48 bits per heavy atom. The number of alkyl halides is 1. The lowest BCUT2D eigenvalue weighted by atomic mass is 9.86. The molecule has 0 heterocycles. The third-order valence-electron chi connectivity index (χ3n) is 6.64. The second-order valence-corrected chi connectivity index (χ2v) is 9.59. The Hall–Kier alpha value is -2.62. The van der Waals surface area contributed by atoms with Gasteiger partial charge in [0.25, 0.3) is 0 Å². The third kappa shape index (κ3) is 5.31. The Labute approximate surface area is 203 Å². The van der Waals surface area contributed by atoms with E-state index < -0.39 is 11.0 Å². The fourth-order valence-corrected chi connectivity index (χ4v) is 5.25. The van der Waals surface area contributed by atoms with Crippen molar-refractivity contribution in [1.29, 1.82) is 0 Å². The van der Waals surface area contributed by atoms with E-state index in [1.807, 2.05) is 54.3 Å². The lowest BCUT2D eigenvalue weighted by molar-refractivity contribution is -0.148. The molecule has 1 N–H and O–H groups in total. The second-order valence-electron chi connectivity index (χ2n) is 9.01. The molecule has 0 aliphatic heterocycles. The minimum Gasteiger partial charge on any atom is -0.479 e. The molecule has 0 fully saturated rings. The van der Waals surface area contributed by atoms with Gasteiger partial charge in [-0.25, -0.2) is 4.79 Å². The molecule has 33 heavy (non-hydrogen) atoms. The summed E-state index contributed by atoms with van der Waals surface area (Å²) in [6.07, 6.45) is 0.607. The molecule has 174 valence electrons. The molecule has 0 aliphatic rings. The molecule has 3 aromatic rings. The van der Waals surface area contributed by atoms with E-state index in [-0.39, 0.29) is 5.92 Å². The number of hydrogen-bond donors (Lipinski definition) is 1. The summed E-state index contributed by atoms with van der Waals surface area (Å²) in [4.78, 5) is 13.3. The summed E-state index contributed by atoms with van der Waals surface area (Å²) in [5.41, 5.74) is 7.77. The van der Waals surface area contributed by atoms with Crippen molar-refractivity contribution < 1.29 is 9.90 Å². The van der Waals surface area contributed by atoms with Gasteiger partial charge < -0.3 is 5.11 Å². The summed E-state index contributed by atoms with van der Waals surface area (Å²) in [7, 11) is 0. The highest BCUT2D eigenvalue weighted by atomic mass is 35.5. The topological polar surface area (TPSA) is 40.5 Å². The van der Waals surface area contributed by atoms with E-state index in [0.717, 1.165) is 33.4 Å². The molecule has 0 saturated carbocycles. The fraction of sp³-hybridized carbons (Fsp3) is 0.345. The van der Waals surface area contributed by atoms with Gasteiger partial charge in [-0.1, -0.05) is 90.8 Å². The molecule has 0 saturated heterocycles. The number of hydrogen-bond acceptors (Lipinski definition) is 2. The molecule has 0 amide bonds. The van der Waals surface area contributed by atoms with Crippen LogP contribution in [-0.2, 0) is 17.9 Å². The number of carboxylic acid groups (broad SMARTS) is 1. The number of carboxylic acids is 1. The maximum atomic E-state index is 13.0. The Balaban J connectivity index is 2.16. The van der Waals surface area contributed by atoms with Crippen LogP contribution in [0.15, 0.2) is 66.7 Å². The van der Waals surface area contributed by atoms with E-state index in [2.05, 4.69) is 52.0 Å². The van der Waals surface area contributed by atoms with Gasteiger partial charge in [0.15, 0.2) is 0 Å². The Morgan fingerprint density at radius 3 is 2.03 bits per heavy atom. The van der Waals surface area contributed by atoms with Crippen LogP contribution < -0.4 is 0 Å². The normalized spacial score (nSPS) is 14.2. The number of nitrogens with zero attached hydrogens (tertiary/aromatic N) is 1. The SMILES string of the molecule is CCC(c1ccccc1)[C@@](Cl)(C(=O)O)N(Cc1ccccc1C)Cc1c(C)cc(C)cc1C. The quantitative estimate of drug-likeness (QED) is 0.271. The first-order chi connectivity index (χ1) is 15.7. The van der Waals surface area contributed by atoms with Crippen molar-refractivity contribution in [3.8, 4) is 0 Å². The van der Waals surface area contributed by atoms with Gasteiger partial charge in [-0.15, -0.1) is 0 Å². The highest BCUT2D eigenvalue weighted by Crippen LogP contribution is 2.42. The van der Waals surface area contributed by atoms with Gasteiger partial charge in [-0.3, -0.25) is 4.90 Å². The van der Waals surface area contributed by atoms with Crippen molar-refractivity contribution in [3.63, 3.8) is 0 Å². The van der Waals surface area contributed by atoms with Gasteiger partial charge in [0.1, 0.15) is 0 Å². The third-order valence-corrected chi connectivity index (χ3v) is 7.31. The van der Waals surface area contributed by atoms with Gasteiger partial charge in [-0.05, 0) is 67.5 Å². The number of carbonyl (C=O) groups is 1. The van der Waals surface area contributed by atoms with E-state index in [0.29, 0.717) is 19.5 Å². The summed E-state index contributed by atoms with van der Waals surface area (Å²) in [6.45, 7) is 11.2. The zero-order chi connectivity index (χ0) is 24.2. The summed E-state index contributed by atoms with van der Waals surface area (Å²) in [5.74, 6) is -1.40. The van der Waals surface area contributed by atoms with Crippen LogP contribution in [0, 0.1) is 27.7 Å². The van der Waals surface area contributed by atoms with Crippen molar-refractivity contribution >= 4 is 17.6 Å². The molecule has 0 aliphatic carbocycles. The van der Waals surface area contributed by atoms with Crippen LogP contribution in [0.3, 0.4) is 0 Å². The molecular formula is C29H34ClNO2. The van der Waals surface area contributed by atoms with E-state index in [1.54, 1.807) is 0 Å². The standard InChI is InChI=1S/C29H34ClNO2/c1-6-27(24-13-8-7-9-14-24)29(30,28(32)33)31(18-25-15-11-10-12-21(25)3)19-26-22(4)16-20(2)17-23(26)5/h7-17,27H,6,18-19H2,1-5H3,(H,32,33)/t27?,29-/m0/s1. The summed E-state index contributed by atoms with van der Waals surface area (Å²) < 4.78 is 0. The highest BCUT2D eigenvalue weighted by molar-refractivity contribution is 6.34. The van der Waals surface area contributed by atoms with Crippen molar-refractivity contribution in [1.82, 2.24) is 4.90 Å². The van der Waals surface area contributed by atoms with Crippen LogP contribution in [0.25, 0.3) is 0 Å². The van der Waals surface area contributed by atoms with Gasteiger partial charge in [0.05, 0.1) is 0 Å². The Bertz CT molecular complexity index is 1090. The molecule has 0 aromatic heterocycles. The smallest absolute Gasteiger partial charge is 0.340 e. The lowest BCUT2D eigenvalue weighted by Crippen LogP contribution is -2.53. The Kier molecular flexibility index (Phi) is 7.99. The molecule has 4 heteroatoms.